The number of nitrogens with zero attached hydrogens (tertiary/aromatic N) is 2. The van der Waals surface area contributed by atoms with Crippen LogP contribution in [0.1, 0.15) is 36.5 Å². The quantitative estimate of drug-likeness (QED) is 0.139. The molecule has 0 aromatic heterocycles. The van der Waals surface area contributed by atoms with E-state index in [1.807, 2.05) is 30.3 Å². The maximum absolute atomic E-state index is 13.6. The number of hydrogen-bond donors (Lipinski definition) is 4. The molecule has 1 heterocycles. The topological polar surface area (TPSA) is 167 Å². The monoisotopic (exact) mass is 575 g/mol. The van der Waals surface area contributed by atoms with E-state index in [-0.39, 0.29) is 32.6 Å². The van der Waals surface area contributed by atoms with Gasteiger partial charge >= 0.3 is 11.9 Å². The van der Waals surface area contributed by atoms with E-state index in [1.54, 1.807) is 19.1 Å². The van der Waals surface area contributed by atoms with Gasteiger partial charge in [-0.1, -0.05) is 30.3 Å². The molecule has 3 rings (SSSR count). The lowest BCUT2D eigenvalue weighted by Gasteiger charge is -2.37. The maximum atomic E-state index is 13.6. The highest BCUT2D eigenvalue weighted by Crippen LogP contribution is 2.35. The van der Waals surface area contributed by atoms with Crippen LogP contribution in [0.5, 0.6) is 11.5 Å². The molecule has 1 aliphatic rings. The summed E-state index contributed by atoms with van der Waals surface area (Å²) in [6.07, 6.45) is 1.13. The molecule has 2 aromatic carbocycles. The Bertz CT molecular complexity index is 1180. The normalized spacial score (nSPS) is 16.0. The molecule has 41 heavy (non-hydrogen) atoms. The van der Waals surface area contributed by atoms with Crippen molar-refractivity contribution in [2.75, 3.05) is 27.4 Å². The van der Waals surface area contributed by atoms with Crippen LogP contribution in [0.2, 0.25) is 0 Å². The second kappa shape index (κ2) is 15.3. The van der Waals surface area contributed by atoms with Gasteiger partial charge in [0.15, 0.2) is 11.5 Å². The Morgan fingerprint density at radius 2 is 1.71 bits per heavy atom. The molecule has 1 aliphatic heterocycles. The lowest BCUT2D eigenvalue weighted by atomic mass is 9.92. The van der Waals surface area contributed by atoms with Crippen LogP contribution in [-0.4, -0.2) is 89.2 Å². The second-order valence-corrected chi connectivity index (χ2v) is 9.57. The van der Waals surface area contributed by atoms with E-state index >= 15 is 0 Å². The molecule has 224 valence electrons. The molecule has 0 spiro atoms. The van der Waals surface area contributed by atoms with Crippen molar-refractivity contribution in [1.29, 1.82) is 0 Å². The number of aryl methyl sites for hydroxylation is 1. The van der Waals surface area contributed by atoms with Gasteiger partial charge < -0.3 is 24.2 Å². The van der Waals surface area contributed by atoms with Gasteiger partial charge in [0.25, 0.3) is 0 Å². The van der Waals surface area contributed by atoms with E-state index in [0.717, 1.165) is 16.7 Å². The largest absolute Gasteiger partial charge is 0.493 e. The smallest absolute Gasteiger partial charge is 0.326 e. The van der Waals surface area contributed by atoms with Gasteiger partial charge in [0.2, 0.25) is 5.91 Å². The molecule has 13 nitrogen and oxygen atoms in total. The number of esters is 1. The number of benzene rings is 2. The summed E-state index contributed by atoms with van der Waals surface area (Å²) in [4.78, 5) is 44.5. The number of carboxylic acid groups (broad SMARTS) is 1. The highest BCUT2D eigenvalue weighted by molar-refractivity contribution is 5.88. The number of carboxylic acids is 1. The number of amides is 1. The summed E-state index contributed by atoms with van der Waals surface area (Å²) in [6, 6.07) is 10.1. The number of fused-ring (bicyclic) bond motifs is 1. The molecular formula is C28H37N3O10. The Hall–Kier alpha value is -3.75. The average Bonchev–Trinajstić information content (AvgIpc) is 2.97. The predicted octanol–water partition coefficient (Wildman–Crippen LogP) is 1.97. The first-order chi connectivity index (χ1) is 19.6. The Morgan fingerprint density at radius 1 is 1.05 bits per heavy atom. The number of aliphatic carboxylic acids is 1. The molecule has 0 radical (unpaired) electrons. The van der Waals surface area contributed by atoms with E-state index in [9.17, 15) is 19.5 Å². The number of methoxy groups -OCH3 is 2. The van der Waals surface area contributed by atoms with Crippen molar-refractivity contribution in [3.8, 4) is 11.5 Å². The second-order valence-electron chi connectivity index (χ2n) is 9.57. The number of carbonyl (C=O) groups excluding carboxylic acids is 2. The van der Waals surface area contributed by atoms with E-state index < -0.39 is 41.4 Å². The SMILES string of the molecule is COc1cc2c(cc1OC)CN(C(=O)C(C)NC(CCc1ccccc1)C(=O)OCCCON(O)O)C(C(=O)O)C2. The lowest BCUT2D eigenvalue weighted by molar-refractivity contribution is -0.492. The third kappa shape index (κ3) is 8.87. The number of hydrogen-bond acceptors (Lipinski definition) is 11. The van der Waals surface area contributed by atoms with Crippen LogP contribution in [0.15, 0.2) is 42.5 Å². The lowest BCUT2D eigenvalue weighted by Crippen LogP contribution is -2.56. The molecule has 13 heteroatoms. The molecular weight excluding hydrogens is 538 g/mol. The molecule has 0 bridgehead atoms. The van der Waals surface area contributed by atoms with Crippen LogP contribution in [-0.2, 0) is 43.3 Å². The summed E-state index contributed by atoms with van der Waals surface area (Å²) < 4.78 is 16.1. The molecule has 0 fully saturated rings. The highest BCUT2D eigenvalue weighted by Gasteiger charge is 2.38. The van der Waals surface area contributed by atoms with Gasteiger partial charge in [-0.15, -0.1) is 0 Å². The van der Waals surface area contributed by atoms with E-state index in [4.69, 9.17) is 24.6 Å². The van der Waals surface area contributed by atoms with Gasteiger partial charge in [-0.2, -0.15) is 0 Å². The summed E-state index contributed by atoms with van der Waals surface area (Å²) >= 11 is 0. The third-order valence-electron chi connectivity index (χ3n) is 6.81. The first kappa shape index (κ1) is 31.8. The molecule has 2 aromatic rings. The third-order valence-corrected chi connectivity index (χ3v) is 6.81. The molecule has 4 N–H and O–H groups in total. The molecule has 0 saturated carbocycles. The number of rotatable bonds is 15. The van der Waals surface area contributed by atoms with Gasteiger partial charge in [0, 0.05) is 19.4 Å². The zero-order valence-corrected chi connectivity index (χ0v) is 23.3. The van der Waals surface area contributed by atoms with Gasteiger partial charge in [-0.25, -0.2) is 4.79 Å². The minimum absolute atomic E-state index is 0.0450. The minimum Gasteiger partial charge on any atom is -0.493 e. The maximum Gasteiger partial charge on any atom is 0.326 e. The van der Waals surface area contributed by atoms with Crippen LogP contribution in [0.25, 0.3) is 0 Å². The fourth-order valence-electron chi connectivity index (χ4n) is 4.69. The van der Waals surface area contributed by atoms with Gasteiger partial charge in [0.1, 0.15) is 12.1 Å². The average molecular weight is 576 g/mol. The van der Waals surface area contributed by atoms with Crippen LogP contribution in [0, 0.1) is 0 Å². The fraction of sp³-hybridized carbons (Fsp3) is 0.464. The summed E-state index contributed by atoms with van der Waals surface area (Å²) in [7, 11) is 2.99. The van der Waals surface area contributed by atoms with Crippen LogP contribution >= 0.6 is 0 Å². The number of carbonyl (C=O) groups is 3. The van der Waals surface area contributed by atoms with Crippen molar-refractivity contribution >= 4 is 17.8 Å². The molecule has 1 amide bonds. The molecule has 3 atom stereocenters. The van der Waals surface area contributed by atoms with E-state index in [2.05, 4.69) is 10.2 Å². The van der Waals surface area contributed by atoms with Gasteiger partial charge in [-0.05, 0) is 48.6 Å². The van der Waals surface area contributed by atoms with Crippen LogP contribution in [0.3, 0.4) is 0 Å². The van der Waals surface area contributed by atoms with Crippen molar-refractivity contribution in [3.05, 3.63) is 59.2 Å². The van der Waals surface area contributed by atoms with Crippen LogP contribution in [0.4, 0.5) is 0 Å². The van der Waals surface area contributed by atoms with E-state index in [1.165, 1.54) is 19.1 Å². The van der Waals surface area contributed by atoms with Gasteiger partial charge in [0.05, 0.1) is 38.9 Å². The minimum atomic E-state index is -1.14. The van der Waals surface area contributed by atoms with Crippen molar-refractivity contribution in [1.82, 2.24) is 15.6 Å². The number of ether oxygens (including phenoxy) is 3. The first-order valence-corrected chi connectivity index (χ1v) is 13.2. The van der Waals surface area contributed by atoms with E-state index in [0.29, 0.717) is 24.3 Å². The molecule has 3 unspecified atom stereocenters. The zero-order valence-electron chi connectivity index (χ0n) is 23.3. The summed E-state index contributed by atoms with van der Waals surface area (Å²) in [5.41, 5.74) is 2.49. The van der Waals surface area contributed by atoms with Crippen molar-refractivity contribution in [2.45, 2.75) is 57.3 Å². The summed E-state index contributed by atoms with van der Waals surface area (Å²) in [5, 5.41) is 29.8. The Kier molecular flexibility index (Phi) is 11.9. The highest BCUT2D eigenvalue weighted by atomic mass is 17.1. The summed E-state index contributed by atoms with van der Waals surface area (Å²) in [5.74, 6) is -1.27. The summed E-state index contributed by atoms with van der Waals surface area (Å²) in [6.45, 7) is 1.48. The van der Waals surface area contributed by atoms with Gasteiger partial charge in [-0.3, -0.25) is 30.2 Å². The molecule has 0 saturated heterocycles. The van der Waals surface area contributed by atoms with Crippen molar-refractivity contribution in [2.24, 2.45) is 0 Å². The Balaban J connectivity index is 1.74. The van der Waals surface area contributed by atoms with Crippen molar-refractivity contribution in [3.63, 3.8) is 0 Å². The zero-order chi connectivity index (χ0) is 29.9. The molecule has 0 aliphatic carbocycles. The first-order valence-electron chi connectivity index (χ1n) is 13.2. The Morgan fingerprint density at radius 3 is 2.32 bits per heavy atom. The predicted molar refractivity (Wildman–Crippen MR) is 143 cm³/mol. The van der Waals surface area contributed by atoms with Crippen molar-refractivity contribution < 1.29 is 49.0 Å². The standard InChI is InChI=1S/C28H37N3O10/c1-18(26(32)30-17-21-16-25(39-3)24(38-2)15-20(21)14-23(30)27(33)34)29-22(11-10-19-8-5-4-6-9-19)28(35)40-12-7-13-41-31(36)37/h4-6,8-9,15-16,18,22-23,29,36-37H,7,10-14,17H2,1-3H3,(H,33,34). The Labute approximate surface area is 238 Å². The number of nitrogens with one attached hydrogen (secondary N) is 1. The van der Waals surface area contributed by atoms with Crippen LogP contribution < -0.4 is 14.8 Å². The fourth-order valence-corrected chi connectivity index (χ4v) is 4.69.